The third kappa shape index (κ3) is 3.24. The Balaban J connectivity index is 1.45. The number of hydrogen-bond donors (Lipinski definition) is 1. The van der Waals surface area contributed by atoms with Gasteiger partial charge in [0, 0.05) is 31.5 Å². The van der Waals surface area contributed by atoms with Crippen LogP contribution in [0, 0.1) is 0 Å². The normalized spacial score (nSPS) is 14.4. The van der Waals surface area contributed by atoms with Crippen molar-refractivity contribution < 1.29 is 14.3 Å². The van der Waals surface area contributed by atoms with Gasteiger partial charge in [0.2, 0.25) is 0 Å². The summed E-state index contributed by atoms with van der Waals surface area (Å²) in [6.45, 7) is 2.18. The number of morpholine rings is 1. The summed E-state index contributed by atoms with van der Waals surface area (Å²) < 4.78 is 6.76. The van der Waals surface area contributed by atoms with Crippen LogP contribution in [0.25, 0.3) is 5.65 Å². The van der Waals surface area contributed by atoms with E-state index in [1.807, 2.05) is 0 Å². The van der Waals surface area contributed by atoms with Gasteiger partial charge in [-0.3, -0.25) is 9.59 Å². The van der Waals surface area contributed by atoms with E-state index in [2.05, 4.69) is 20.4 Å². The van der Waals surface area contributed by atoms with Crippen LogP contribution in [-0.4, -0.2) is 62.6 Å². The summed E-state index contributed by atoms with van der Waals surface area (Å²) in [4.78, 5) is 34.7. The Morgan fingerprint density at radius 1 is 1.12 bits per heavy atom. The van der Waals surface area contributed by atoms with E-state index in [4.69, 9.17) is 4.74 Å². The van der Waals surface area contributed by atoms with Gasteiger partial charge in [-0.15, -0.1) is 0 Å². The highest BCUT2D eigenvalue weighted by molar-refractivity contribution is 6.03. The lowest BCUT2D eigenvalue weighted by Gasteiger charge is -2.26. The molecule has 1 saturated heterocycles. The predicted molar refractivity (Wildman–Crippen MR) is 91.9 cm³/mol. The van der Waals surface area contributed by atoms with Gasteiger partial charge in [0.15, 0.2) is 11.3 Å². The maximum absolute atomic E-state index is 12.4. The molecule has 0 atom stereocenters. The van der Waals surface area contributed by atoms with Gasteiger partial charge in [-0.05, 0) is 18.2 Å². The van der Waals surface area contributed by atoms with E-state index >= 15 is 0 Å². The van der Waals surface area contributed by atoms with Crippen LogP contribution in [0.2, 0.25) is 0 Å². The molecule has 0 unspecified atom stereocenters. The largest absolute Gasteiger partial charge is 0.378 e. The third-order valence-electron chi connectivity index (χ3n) is 4.01. The SMILES string of the molecule is O=C(Nc1ccc(C(=O)N2CCOCC2)nc1)c1cc2ncccn2n1. The molecule has 1 aliphatic rings. The summed E-state index contributed by atoms with van der Waals surface area (Å²) in [5.74, 6) is -0.512. The summed E-state index contributed by atoms with van der Waals surface area (Å²) in [5.41, 5.74) is 1.65. The molecule has 1 fully saturated rings. The summed E-state index contributed by atoms with van der Waals surface area (Å²) in [7, 11) is 0. The molecule has 0 aromatic carbocycles. The Labute approximate surface area is 148 Å². The van der Waals surface area contributed by atoms with Crippen molar-refractivity contribution in [3.63, 3.8) is 0 Å². The molecule has 9 nitrogen and oxygen atoms in total. The molecule has 2 amide bonds. The number of hydrogen-bond acceptors (Lipinski definition) is 6. The molecule has 0 bridgehead atoms. The van der Waals surface area contributed by atoms with E-state index in [-0.39, 0.29) is 17.5 Å². The molecule has 3 aromatic heterocycles. The number of nitrogens with zero attached hydrogens (tertiary/aromatic N) is 5. The smallest absolute Gasteiger partial charge is 0.276 e. The first-order valence-corrected chi connectivity index (χ1v) is 8.15. The van der Waals surface area contributed by atoms with Crippen LogP contribution in [0.4, 0.5) is 5.69 Å². The molecule has 1 N–H and O–H groups in total. The Hall–Kier alpha value is -3.33. The highest BCUT2D eigenvalue weighted by Crippen LogP contribution is 2.12. The lowest BCUT2D eigenvalue weighted by atomic mass is 10.2. The van der Waals surface area contributed by atoms with Crippen molar-refractivity contribution in [1.29, 1.82) is 0 Å². The topological polar surface area (TPSA) is 102 Å². The van der Waals surface area contributed by atoms with Crippen molar-refractivity contribution in [2.75, 3.05) is 31.6 Å². The van der Waals surface area contributed by atoms with Gasteiger partial charge in [0.05, 0.1) is 25.1 Å². The van der Waals surface area contributed by atoms with Gasteiger partial charge in [0.1, 0.15) is 5.69 Å². The van der Waals surface area contributed by atoms with Crippen molar-refractivity contribution >= 4 is 23.1 Å². The predicted octanol–water partition coefficient (Wildman–Crippen LogP) is 0.849. The molecule has 26 heavy (non-hydrogen) atoms. The van der Waals surface area contributed by atoms with Gasteiger partial charge >= 0.3 is 0 Å². The van der Waals surface area contributed by atoms with E-state index < -0.39 is 0 Å². The summed E-state index contributed by atoms with van der Waals surface area (Å²) >= 11 is 0. The van der Waals surface area contributed by atoms with Crippen LogP contribution in [0.1, 0.15) is 21.0 Å². The number of pyridine rings is 1. The Morgan fingerprint density at radius 2 is 1.96 bits per heavy atom. The minimum absolute atomic E-state index is 0.141. The quantitative estimate of drug-likeness (QED) is 0.750. The second-order valence-corrected chi connectivity index (χ2v) is 5.74. The fourth-order valence-corrected chi connectivity index (χ4v) is 2.66. The number of fused-ring (bicyclic) bond motifs is 1. The second-order valence-electron chi connectivity index (χ2n) is 5.74. The standard InChI is InChI=1S/C17H16N6O3/c24-16(14-10-15-18-4-1-5-23(15)21-14)20-12-2-3-13(19-11-12)17(25)22-6-8-26-9-7-22/h1-5,10-11H,6-9H2,(H,20,24). The van der Waals surface area contributed by atoms with Gasteiger partial charge in [0.25, 0.3) is 11.8 Å². The van der Waals surface area contributed by atoms with Crippen LogP contribution >= 0.6 is 0 Å². The first-order chi connectivity index (χ1) is 12.7. The van der Waals surface area contributed by atoms with Crippen LogP contribution in [0.3, 0.4) is 0 Å². The molecule has 132 valence electrons. The van der Waals surface area contributed by atoms with Crippen LogP contribution in [0.15, 0.2) is 42.9 Å². The van der Waals surface area contributed by atoms with E-state index in [9.17, 15) is 9.59 Å². The van der Waals surface area contributed by atoms with Gasteiger partial charge in [-0.25, -0.2) is 14.5 Å². The van der Waals surface area contributed by atoms with Gasteiger partial charge in [-0.2, -0.15) is 5.10 Å². The fourth-order valence-electron chi connectivity index (χ4n) is 2.66. The number of anilines is 1. The van der Waals surface area contributed by atoms with Crippen LogP contribution in [-0.2, 0) is 4.74 Å². The molecule has 0 spiro atoms. The lowest BCUT2D eigenvalue weighted by molar-refractivity contribution is 0.0299. The first kappa shape index (κ1) is 16.2. The molecular formula is C17H16N6O3. The molecule has 4 heterocycles. The van der Waals surface area contributed by atoms with E-state index in [0.29, 0.717) is 43.3 Å². The van der Waals surface area contributed by atoms with E-state index in [1.165, 1.54) is 10.7 Å². The zero-order valence-corrected chi connectivity index (χ0v) is 13.8. The second kappa shape index (κ2) is 6.89. The lowest BCUT2D eigenvalue weighted by Crippen LogP contribution is -2.41. The summed E-state index contributed by atoms with van der Waals surface area (Å²) in [6, 6.07) is 6.57. The molecule has 9 heteroatoms. The first-order valence-electron chi connectivity index (χ1n) is 8.15. The highest BCUT2D eigenvalue weighted by Gasteiger charge is 2.19. The van der Waals surface area contributed by atoms with E-state index in [1.54, 1.807) is 41.6 Å². The maximum Gasteiger partial charge on any atom is 0.276 e. The number of ether oxygens (including phenoxy) is 1. The maximum atomic E-state index is 12.4. The number of rotatable bonds is 3. The Bertz CT molecular complexity index is 914. The van der Waals surface area contributed by atoms with Crippen LogP contribution in [0.5, 0.6) is 0 Å². The van der Waals surface area contributed by atoms with Crippen molar-refractivity contribution in [1.82, 2.24) is 24.5 Å². The molecule has 4 rings (SSSR count). The van der Waals surface area contributed by atoms with E-state index in [0.717, 1.165) is 0 Å². The minimum atomic E-state index is -0.371. The van der Waals surface area contributed by atoms with Crippen molar-refractivity contribution in [2.45, 2.75) is 0 Å². The zero-order valence-electron chi connectivity index (χ0n) is 13.8. The van der Waals surface area contributed by atoms with Gasteiger partial charge in [-0.1, -0.05) is 0 Å². The molecule has 0 radical (unpaired) electrons. The summed E-state index contributed by atoms with van der Waals surface area (Å²) in [6.07, 6.45) is 4.80. The number of aromatic nitrogens is 4. The molecule has 0 aliphatic carbocycles. The monoisotopic (exact) mass is 352 g/mol. The number of carbonyl (C=O) groups is 2. The van der Waals surface area contributed by atoms with Gasteiger partial charge < -0.3 is 15.0 Å². The average Bonchev–Trinajstić information content (AvgIpc) is 3.13. The molecule has 3 aromatic rings. The Morgan fingerprint density at radius 3 is 2.69 bits per heavy atom. The van der Waals surface area contributed by atoms with Crippen molar-refractivity contribution in [3.8, 4) is 0 Å². The third-order valence-corrected chi connectivity index (χ3v) is 4.01. The number of nitrogens with one attached hydrogen (secondary N) is 1. The van der Waals surface area contributed by atoms with Crippen LogP contribution < -0.4 is 5.32 Å². The molecular weight excluding hydrogens is 336 g/mol. The fraction of sp³-hybridized carbons (Fsp3) is 0.235. The summed E-state index contributed by atoms with van der Waals surface area (Å²) in [5, 5.41) is 6.88. The van der Waals surface area contributed by atoms with Crippen molar-refractivity contribution in [2.24, 2.45) is 0 Å². The molecule has 1 aliphatic heterocycles. The van der Waals surface area contributed by atoms with Crippen molar-refractivity contribution in [3.05, 3.63) is 54.2 Å². The minimum Gasteiger partial charge on any atom is -0.378 e. The molecule has 0 saturated carbocycles. The Kier molecular flexibility index (Phi) is 4.28. The number of carbonyl (C=O) groups excluding carboxylic acids is 2. The zero-order chi connectivity index (χ0) is 17.9. The highest BCUT2D eigenvalue weighted by atomic mass is 16.5. The number of amides is 2. The average molecular weight is 352 g/mol.